The Morgan fingerprint density at radius 1 is 1.33 bits per heavy atom. The van der Waals surface area contributed by atoms with Gasteiger partial charge in [0.2, 0.25) is 0 Å². The van der Waals surface area contributed by atoms with Gasteiger partial charge in [0, 0.05) is 11.0 Å². The predicted octanol–water partition coefficient (Wildman–Crippen LogP) is 4.68. The van der Waals surface area contributed by atoms with Crippen LogP contribution in [-0.4, -0.2) is 6.54 Å². The fourth-order valence-electron chi connectivity index (χ4n) is 2.79. The number of aryl methyl sites for hydroxylation is 1. The van der Waals surface area contributed by atoms with Crippen molar-refractivity contribution in [3.8, 4) is 0 Å². The molecule has 1 aromatic rings. The van der Waals surface area contributed by atoms with Gasteiger partial charge in [0.25, 0.3) is 0 Å². The van der Waals surface area contributed by atoms with Crippen LogP contribution in [0.5, 0.6) is 0 Å². The quantitative estimate of drug-likeness (QED) is 0.862. The minimum Gasteiger partial charge on any atom is -0.327 e. The lowest BCUT2D eigenvalue weighted by molar-refractivity contribution is 0.401. The second kappa shape index (κ2) is 6.53. The zero-order chi connectivity index (χ0) is 13.0. The molecule has 2 heteroatoms. The van der Waals surface area contributed by atoms with E-state index in [9.17, 15) is 0 Å². The Labute approximate surface area is 119 Å². The lowest BCUT2D eigenvalue weighted by Gasteiger charge is -2.24. The number of rotatable bonds is 3. The van der Waals surface area contributed by atoms with Crippen LogP contribution in [0.4, 0.5) is 0 Å². The molecule has 0 saturated heterocycles. The van der Waals surface area contributed by atoms with Crippen molar-refractivity contribution in [3.63, 3.8) is 0 Å². The molecule has 1 aromatic carbocycles. The first kappa shape index (κ1) is 13.8. The van der Waals surface area contributed by atoms with Gasteiger partial charge in [0.15, 0.2) is 0 Å². The fourth-order valence-corrected chi connectivity index (χ4v) is 3.04. The summed E-state index contributed by atoms with van der Waals surface area (Å²) in [7, 11) is 0. The summed E-state index contributed by atoms with van der Waals surface area (Å²) in [6, 6.07) is 6.51. The van der Waals surface area contributed by atoms with E-state index in [2.05, 4.69) is 47.1 Å². The van der Waals surface area contributed by atoms with Gasteiger partial charge in [-0.1, -0.05) is 59.0 Å². The summed E-state index contributed by atoms with van der Waals surface area (Å²) >= 11 is 3.54. The van der Waals surface area contributed by atoms with E-state index in [1.807, 2.05) is 0 Å². The van der Waals surface area contributed by atoms with Crippen LogP contribution in [0, 0.1) is 12.8 Å². The van der Waals surface area contributed by atoms with Gasteiger partial charge in [-0.05, 0) is 42.9 Å². The molecule has 18 heavy (non-hydrogen) atoms. The lowest BCUT2D eigenvalue weighted by atomic mass is 9.83. The maximum absolute atomic E-state index is 5.94. The molecule has 1 aliphatic carbocycles. The topological polar surface area (TPSA) is 26.0 Å². The summed E-state index contributed by atoms with van der Waals surface area (Å²) in [6.07, 6.45) is 9.06. The van der Waals surface area contributed by atoms with Crippen LogP contribution in [0.3, 0.4) is 0 Å². The lowest BCUT2D eigenvalue weighted by Crippen LogP contribution is -2.16. The molecule has 0 unspecified atom stereocenters. The zero-order valence-electron chi connectivity index (χ0n) is 11.1. The van der Waals surface area contributed by atoms with Gasteiger partial charge in [-0.15, -0.1) is 0 Å². The van der Waals surface area contributed by atoms with E-state index in [-0.39, 0.29) is 0 Å². The summed E-state index contributed by atoms with van der Waals surface area (Å²) < 4.78 is 1.17. The molecular weight excluding hydrogens is 286 g/mol. The van der Waals surface area contributed by atoms with Crippen LogP contribution < -0.4 is 5.73 Å². The van der Waals surface area contributed by atoms with E-state index in [0.717, 1.165) is 0 Å². The molecule has 2 N–H and O–H groups in total. The SMILES string of the molecule is Cc1cc(C=C(CN)C2CCCCC2)ccc1Br. The molecule has 0 atom stereocenters. The molecule has 1 aliphatic rings. The molecule has 0 heterocycles. The standard InChI is InChI=1S/C16H22BrN/c1-12-9-13(7-8-16(12)17)10-15(11-18)14-5-3-2-4-6-14/h7-10,14H,2-6,11,18H2,1H3. The Hall–Kier alpha value is -0.600. The monoisotopic (exact) mass is 307 g/mol. The number of halogens is 1. The van der Waals surface area contributed by atoms with Gasteiger partial charge in [-0.3, -0.25) is 0 Å². The highest BCUT2D eigenvalue weighted by atomic mass is 79.9. The van der Waals surface area contributed by atoms with Crippen molar-refractivity contribution in [3.05, 3.63) is 39.4 Å². The summed E-state index contributed by atoms with van der Waals surface area (Å²) in [4.78, 5) is 0. The Morgan fingerprint density at radius 2 is 2.06 bits per heavy atom. The third-order valence-electron chi connectivity index (χ3n) is 3.90. The molecule has 2 rings (SSSR count). The highest BCUT2D eigenvalue weighted by Crippen LogP contribution is 2.30. The summed E-state index contributed by atoms with van der Waals surface area (Å²) in [5.41, 5.74) is 9.93. The second-order valence-electron chi connectivity index (χ2n) is 5.27. The number of nitrogens with two attached hydrogens (primary N) is 1. The van der Waals surface area contributed by atoms with Crippen LogP contribution in [-0.2, 0) is 0 Å². The van der Waals surface area contributed by atoms with Gasteiger partial charge >= 0.3 is 0 Å². The molecule has 0 aliphatic heterocycles. The third kappa shape index (κ3) is 3.46. The number of benzene rings is 1. The molecule has 0 spiro atoms. The molecule has 1 nitrogen and oxygen atoms in total. The minimum atomic E-state index is 0.694. The van der Waals surface area contributed by atoms with Crippen molar-refractivity contribution >= 4 is 22.0 Å². The first-order chi connectivity index (χ1) is 8.70. The Morgan fingerprint density at radius 3 is 2.67 bits per heavy atom. The molecule has 1 fully saturated rings. The summed E-state index contributed by atoms with van der Waals surface area (Å²) in [6.45, 7) is 2.82. The Balaban J connectivity index is 2.19. The molecule has 0 aromatic heterocycles. The fraction of sp³-hybridized carbons (Fsp3) is 0.500. The first-order valence-electron chi connectivity index (χ1n) is 6.87. The van der Waals surface area contributed by atoms with Gasteiger partial charge in [-0.25, -0.2) is 0 Å². The van der Waals surface area contributed by atoms with Crippen molar-refractivity contribution in [2.75, 3.05) is 6.54 Å². The van der Waals surface area contributed by atoms with Gasteiger partial charge < -0.3 is 5.73 Å². The average molecular weight is 308 g/mol. The zero-order valence-corrected chi connectivity index (χ0v) is 12.7. The molecule has 0 amide bonds. The van der Waals surface area contributed by atoms with Crippen LogP contribution in [0.1, 0.15) is 43.2 Å². The highest BCUT2D eigenvalue weighted by molar-refractivity contribution is 9.10. The molecular formula is C16H22BrN. The molecule has 0 bridgehead atoms. The van der Waals surface area contributed by atoms with E-state index < -0.39 is 0 Å². The Kier molecular flexibility index (Phi) is 5.02. The van der Waals surface area contributed by atoms with Gasteiger partial charge in [0.05, 0.1) is 0 Å². The second-order valence-corrected chi connectivity index (χ2v) is 6.12. The van der Waals surface area contributed by atoms with Gasteiger partial charge in [0.1, 0.15) is 0 Å². The van der Waals surface area contributed by atoms with E-state index >= 15 is 0 Å². The molecule has 0 radical (unpaired) electrons. The first-order valence-corrected chi connectivity index (χ1v) is 7.66. The van der Waals surface area contributed by atoms with Crippen molar-refractivity contribution < 1.29 is 0 Å². The van der Waals surface area contributed by atoms with E-state index in [0.29, 0.717) is 12.5 Å². The van der Waals surface area contributed by atoms with Gasteiger partial charge in [-0.2, -0.15) is 0 Å². The number of hydrogen-bond donors (Lipinski definition) is 1. The van der Waals surface area contributed by atoms with Crippen molar-refractivity contribution in [1.29, 1.82) is 0 Å². The molecule has 98 valence electrons. The third-order valence-corrected chi connectivity index (χ3v) is 4.79. The largest absolute Gasteiger partial charge is 0.327 e. The molecule has 1 saturated carbocycles. The number of hydrogen-bond acceptors (Lipinski definition) is 1. The van der Waals surface area contributed by atoms with Crippen molar-refractivity contribution in [2.24, 2.45) is 11.7 Å². The van der Waals surface area contributed by atoms with Crippen LogP contribution in [0.15, 0.2) is 28.2 Å². The highest BCUT2D eigenvalue weighted by Gasteiger charge is 2.16. The van der Waals surface area contributed by atoms with Crippen molar-refractivity contribution in [2.45, 2.75) is 39.0 Å². The smallest absolute Gasteiger partial charge is 0.0204 e. The normalized spacial score (nSPS) is 18.1. The Bertz CT molecular complexity index is 431. The predicted molar refractivity (Wildman–Crippen MR) is 82.5 cm³/mol. The van der Waals surface area contributed by atoms with Crippen LogP contribution in [0.25, 0.3) is 6.08 Å². The van der Waals surface area contributed by atoms with E-state index in [1.165, 1.54) is 53.3 Å². The van der Waals surface area contributed by atoms with E-state index in [1.54, 1.807) is 0 Å². The van der Waals surface area contributed by atoms with Crippen LogP contribution >= 0.6 is 15.9 Å². The maximum atomic E-state index is 5.94. The van der Waals surface area contributed by atoms with Crippen LogP contribution in [0.2, 0.25) is 0 Å². The minimum absolute atomic E-state index is 0.694. The van der Waals surface area contributed by atoms with E-state index in [4.69, 9.17) is 5.73 Å². The van der Waals surface area contributed by atoms with Crippen molar-refractivity contribution in [1.82, 2.24) is 0 Å². The summed E-state index contributed by atoms with van der Waals surface area (Å²) in [5, 5.41) is 0. The maximum Gasteiger partial charge on any atom is 0.0204 e. The summed E-state index contributed by atoms with van der Waals surface area (Å²) in [5.74, 6) is 0.715. The average Bonchev–Trinajstić information content (AvgIpc) is 2.41.